The third-order valence-corrected chi connectivity index (χ3v) is 1.22. The molecular weight excluding hydrogens is 178 g/mol. The van der Waals surface area contributed by atoms with Crippen molar-refractivity contribution in [3.8, 4) is 12.3 Å². The lowest BCUT2D eigenvalue weighted by atomic mass is 10.2. The number of carbonyl (C=O) groups excluding carboxylic acids is 1. The number of allylic oxidation sites excluding steroid dienone is 1. The molecule has 0 radical (unpaired) electrons. The van der Waals surface area contributed by atoms with Gasteiger partial charge >= 0.3 is 6.09 Å². The lowest BCUT2D eigenvalue weighted by molar-refractivity contribution is 0.0354. The van der Waals surface area contributed by atoms with E-state index in [-0.39, 0.29) is 6.54 Å². The Morgan fingerprint density at radius 2 is 2.14 bits per heavy atom. The monoisotopic (exact) mass is 195 g/mol. The van der Waals surface area contributed by atoms with Gasteiger partial charge in [0.15, 0.2) is 0 Å². The van der Waals surface area contributed by atoms with E-state index < -0.39 is 11.7 Å². The lowest BCUT2D eigenvalue weighted by Crippen LogP contribution is -2.33. The molecule has 3 nitrogen and oxygen atoms in total. The van der Waals surface area contributed by atoms with Crippen molar-refractivity contribution in [2.75, 3.05) is 6.54 Å². The molecule has 0 saturated heterocycles. The van der Waals surface area contributed by atoms with Gasteiger partial charge in [0, 0.05) is 6.20 Å². The van der Waals surface area contributed by atoms with Gasteiger partial charge in [0.2, 0.25) is 0 Å². The van der Waals surface area contributed by atoms with E-state index >= 15 is 0 Å². The van der Waals surface area contributed by atoms with Crippen molar-refractivity contribution in [1.29, 1.82) is 0 Å². The van der Waals surface area contributed by atoms with Gasteiger partial charge in [0.1, 0.15) is 5.60 Å². The number of hydrogen-bond donors (Lipinski definition) is 0. The van der Waals surface area contributed by atoms with E-state index in [1.54, 1.807) is 12.3 Å². The van der Waals surface area contributed by atoms with Gasteiger partial charge in [-0.2, -0.15) is 0 Å². The van der Waals surface area contributed by atoms with Crippen LogP contribution in [0.1, 0.15) is 27.7 Å². The van der Waals surface area contributed by atoms with Crippen molar-refractivity contribution in [2.45, 2.75) is 33.3 Å². The summed E-state index contributed by atoms with van der Waals surface area (Å²) < 4.78 is 5.15. The SMILES string of the molecule is C#CCN(C=CC)C(=O)OC(C)(C)C. The summed E-state index contributed by atoms with van der Waals surface area (Å²) in [6, 6.07) is 0. The number of terminal acetylenes is 1. The summed E-state index contributed by atoms with van der Waals surface area (Å²) in [7, 11) is 0. The van der Waals surface area contributed by atoms with E-state index in [1.165, 1.54) is 4.90 Å². The Balaban J connectivity index is 4.39. The summed E-state index contributed by atoms with van der Waals surface area (Å²) in [5.74, 6) is 2.39. The molecule has 0 aliphatic carbocycles. The summed E-state index contributed by atoms with van der Waals surface area (Å²) >= 11 is 0. The van der Waals surface area contributed by atoms with E-state index in [9.17, 15) is 4.79 Å². The van der Waals surface area contributed by atoms with Gasteiger partial charge in [0.25, 0.3) is 0 Å². The fraction of sp³-hybridized carbons (Fsp3) is 0.545. The Hall–Kier alpha value is -1.43. The molecule has 0 spiro atoms. The molecule has 0 N–H and O–H groups in total. The van der Waals surface area contributed by atoms with Crippen LogP contribution >= 0.6 is 0 Å². The maximum Gasteiger partial charge on any atom is 0.415 e. The van der Waals surface area contributed by atoms with Gasteiger partial charge in [-0.1, -0.05) is 12.0 Å². The van der Waals surface area contributed by atoms with Gasteiger partial charge in [-0.25, -0.2) is 4.79 Å². The maximum atomic E-state index is 11.5. The standard InChI is InChI=1S/C11H17NO2/c1-6-8-12(9-7-2)10(13)14-11(3,4)5/h1,7,9H,8H2,2-5H3. The maximum absolute atomic E-state index is 11.5. The lowest BCUT2D eigenvalue weighted by Gasteiger charge is -2.23. The molecule has 0 atom stereocenters. The Morgan fingerprint density at radius 3 is 2.50 bits per heavy atom. The minimum atomic E-state index is -0.495. The Kier molecular flexibility index (Phi) is 4.79. The van der Waals surface area contributed by atoms with Gasteiger partial charge in [0.05, 0.1) is 6.54 Å². The smallest absolute Gasteiger partial charge is 0.415 e. The van der Waals surface area contributed by atoms with E-state index in [0.717, 1.165) is 0 Å². The van der Waals surface area contributed by atoms with Crippen molar-refractivity contribution < 1.29 is 9.53 Å². The quantitative estimate of drug-likeness (QED) is 0.633. The molecule has 0 saturated carbocycles. The number of amides is 1. The van der Waals surface area contributed by atoms with E-state index in [1.807, 2.05) is 27.7 Å². The average Bonchev–Trinajstić information content (AvgIpc) is 2.01. The highest BCUT2D eigenvalue weighted by molar-refractivity contribution is 5.69. The first-order valence-electron chi connectivity index (χ1n) is 4.46. The molecule has 0 aliphatic rings. The molecule has 3 heteroatoms. The molecule has 0 aromatic carbocycles. The largest absolute Gasteiger partial charge is 0.443 e. The van der Waals surface area contributed by atoms with Crippen LogP contribution in [0.3, 0.4) is 0 Å². The minimum Gasteiger partial charge on any atom is -0.443 e. The topological polar surface area (TPSA) is 29.5 Å². The Labute approximate surface area is 85.7 Å². The highest BCUT2D eigenvalue weighted by atomic mass is 16.6. The molecule has 0 fully saturated rings. The van der Waals surface area contributed by atoms with Crippen molar-refractivity contribution in [3.05, 3.63) is 12.3 Å². The summed E-state index contributed by atoms with van der Waals surface area (Å²) in [4.78, 5) is 12.8. The molecule has 0 unspecified atom stereocenters. The van der Waals surface area contributed by atoms with Crippen LogP contribution in [0, 0.1) is 12.3 Å². The molecule has 78 valence electrons. The molecule has 0 heterocycles. The predicted molar refractivity (Wildman–Crippen MR) is 56.6 cm³/mol. The highest BCUT2D eigenvalue weighted by Gasteiger charge is 2.19. The first-order chi connectivity index (χ1) is 6.40. The zero-order valence-electron chi connectivity index (χ0n) is 9.20. The van der Waals surface area contributed by atoms with Crippen LogP contribution in [0.15, 0.2) is 12.3 Å². The third kappa shape index (κ3) is 5.26. The van der Waals surface area contributed by atoms with E-state index in [2.05, 4.69) is 5.92 Å². The highest BCUT2D eigenvalue weighted by Crippen LogP contribution is 2.09. The van der Waals surface area contributed by atoms with Crippen LogP contribution in [0.4, 0.5) is 4.79 Å². The zero-order valence-corrected chi connectivity index (χ0v) is 9.20. The summed E-state index contributed by atoms with van der Waals surface area (Å²) in [6.45, 7) is 7.48. The predicted octanol–water partition coefficient (Wildman–Crippen LogP) is 2.39. The molecular formula is C11H17NO2. The molecule has 0 rings (SSSR count). The zero-order chi connectivity index (χ0) is 11.2. The number of carbonyl (C=O) groups is 1. The average molecular weight is 195 g/mol. The van der Waals surface area contributed by atoms with Gasteiger partial charge < -0.3 is 4.74 Å². The second kappa shape index (κ2) is 5.33. The Bertz CT molecular complexity index is 255. The van der Waals surface area contributed by atoms with Crippen LogP contribution < -0.4 is 0 Å². The summed E-state index contributed by atoms with van der Waals surface area (Å²) in [6.07, 6.45) is 8.05. The van der Waals surface area contributed by atoms with Crippen molar-refractivity contribution in [2.24, 2.45) is 0 Å². The fourth-order valence-corrected chi connectivity index (χ4v) is 0.777. The molecule has 0 aromatic rings. The second-order valence-corrected chi connectivity index (χ2v) is 3.79. The minimum absolute atomic E-state index is 0.221. The first-order valence-corrected chi connectivity index (χ1v) is 4.46. The molecule has 1 amide bonds. The van der Waals surface area contributed by atoms with E-state index in [4.69, 9.17) is 11.2 Å². The fourth-order valence-electron chi connectivity index (χ4n) is 0.777. The Morgan fingerprint density at radius 1 is 1.57 bits per heavy atom. The van der Waals surface area contributed by atoms with Gasteiger partial charge in [-0.05, 0) is 27.7 Å². The van der Waals surface area contributed by atoms with Gasteiger partial charge in [-0.3, -0.25) is 4.90 Å². The number of hydrogen-bond acceptors (Lipinski definition) is 2. The van der Waals surface area contributed by atoms with Crippen molar-refractivity contribution in [3.63, 3.8) is 0 Å². The number of ether oxygens (including phenoxy) is 1. The van der Waals surface area contributed by atoms with Crippen molar-refractivity contribution >= 4 is 6.09 Å². The van der Waals surface area contributed by atoms with Crippen LogP contribution in [-0.2, 0) is 4.74 Å². The third-order valence-electron chi connectivity index (χ3n) is 1.22. The number of nitrogens with zero attached hydrogens (tertiary/aromatic N) is 1. The molecule has 0 aliphatic heterocycles. The molecule has 0 bridgehead atoms. The summed E-state index contributed by atoms with van der Waals surface area (Å²) in [5, 5.41) is 0. The van der Waals surface area contributed by atoms with Crippen LogP contribution in [0.2, 0.25) is 0 Å². The number of rotatable bonds is 2. The van der Waals surface area contributed by atoms with Crippen LogP contribution in [0.25, 0.3) is 0 Å². The first kappa shape index (κ1) is 12.6. The summed E-state index contributed by atoms with van der Waals surface area (Å²) in [5.41, 5.74) is -0.495. The van der Waals surface area contributed by atoms with Crippen LogP contribution in [0.5, 0.6) is 0 Å². The normalized spacial score (nSPS) is 11.1. The second-order valence-electron chi connectivity index (χ2n) is 3.79. The molecule has 14 heavy (non-hydrogen) atoms. The van der Waals surface area contributed by atoms with E-state index in [0.29, 0.717) is 0 Å². The van der Waals surface area contributed by atoms with Crippen molar-refractivity contribution in [1.82, 2.24) is 4.90 Å². The molecule has 0 aromatic heterocycles. The van der Waals surface area contributed by atoms with Crippen LogP contribution in [-0.4, -0.2) is 23.1 Å². The van der Waals surface area contributed by atoms with Gasteiger partial charge in [-0.15, -0.1) is 6.42 Å².